The van der Waals surface area contributed by atoms with E-state index in [9.17, 15) is 19.5 Å². The second-order valence-corrected chi connectivity index (χ2v) is 7.98. The lowest BCUT2D eigenvalue weighted by molar-refractivity contribution is 0.0359. The number of carboxylic acids is 1. The Morgan fingerprint density at radius 3 is 2.22 bits per heavy atom. The van der Waals surface area contributed by atoms with Gasteiger partial charge in [0.2, 0.25) is 0 Å². The normalized spacial score (nSPS) is 13.9. The van der Waals surface area contributed by atoms with Crippen molar-refractivity contribution in [1.29, 1.82) is 0 Å². The highest BCUT2D eigenvalue weighted by Gasteiger charge is 2.41. The van der Waals surface area contributed by atoms with Gasteiger partial charge in [-0.15, -0.1) is 0 Å². The number of imide groups is 1. The molecule has 0 aliphatic carbocycles. The summed E-state index contributed by atoms with van der Waals surface area (Å²) in [6, 6.07) is 18.8. The first-order valence-electron chi connectivity index (χ1n) is 10.3. The molecule has 1 atom stereocenters. The number of amides is 2. The van der Waals surface area contributed by atoms with Crippen molar-refractivity contribution in [3.63, 3.8) is 0 Å². The molecule has 1 N–H and O–H groups in total. The van der Waals surface area contributed by atoms with E-state index < -0.39 is 23.8 Å². The summed E-state index contributed by atoms with van der Waals surface area (Å²) in [4.78, 5) is 38.8. The minimum Gasteiger partial charge on any atom is -0.478 e. The number of aromatic carboxylic acids is 1. The van der Waals surface area contributed by atoms with Crippen LogP contribution in [0, 0.1) is 13.8 Å². The lowest BCUT2D eigenvalue weighted by Gasteiger charge is -2.26. The van der Waals surface area contributed by atoms with Crippen LogP contribution in [0.3, 0.4) is 0 Å². The zero-order valence-corrected chi connectivity index (χ0v) is 17.9. The number of carbonyl (C=O) groups excluding carboxylic acids is 2. The van der Waals surface area contributed by atoms with Gasteiger partial charge in [0.15, 0.2) is 0 Å². The van der Waals surface area contributed by atoms with Crippen LogP contribution in [0.1, 0.15) is 59.4 Å². The van der Waals surface area contributed by atoms with Gasteiger partial charge < -0.3 is 9.84 Å². The van der Waals surface area contributed by atoms with Crippen LogP contribution in [-0.4, -0.2) is 34.4 Å². The molecule has 162 valence electrons. The molecule has 0 fully saturated rings. The van der Waals surface area contributed by atoms with E-state index >= 15 is 0 Å². The van der Waals surface area contributed by atoms with Gasteiger partial charge in [-0.3, -0.25) is 14.5 Å². The smallest absolute Gasteiger partial charge is 0.335 e. The van der Waals surface area contributed by atoms with E-state index in [1.165, 1.54) is 23.1 Å². The van der Waals surface area contributed by atoms with Crippen molar-refractivity contribution < 1.29 is 24.2 Å². The summed E-state index contributed by atoms with van der Waals surface area (Å²) < 4.78 is 5.98. The Labute approximate surface area is 186 Å². The average Bonchev–Trinajstić information content (AvgIpc) is 3.01. The van der Waals surface area contributed by atoms with E-state index in [0.717, 1.165) is 22.3 Å². The van der Waals surface area contributed by atoms with Crippen LogP contribution < -0.4 is 0 Å². The first-order valence-corrected chi connectivity index (χ1v) is 10.3. The molecule has 1 aliphatic heterocycles. The standard InChI is InChI=1S/C26H23NO5/c1-16-10-17(2)12-18(11-16)14-32-15-23(19-6-4-3-5-7-19)27-24(28)21-9-8-20(26(30)31)13-22(21)25(27)29/h3-13,23H,14-15H2,1-2H3,(H,30,31)/t23-/m1/s1. The van der Waals surface area contributed by atoms with Gasteiger partial charge in [0.1, 0.15) is 0 Å². The molecule has 0 saturated heterocycles. The van der Waals surface area contributed by atoms with Crippen LogP contribution in [0.5, 0.6) is 0 Å². The van der Waals surface area contributed by atoms with Crippen LogP contribution in [-0.2, 0) is 11.3 Å². The van der Waals surface area contributed by atoms with E-state index in [4.69, 9.17) is 4.74 Å². The Kier molecular flexibility index (Phi) is 5.88. The molecule has 0 aromatic heterocycles. The van der Waals surface area contributed by atoms with Crippen LogP contribution in [0.4, 0.5) is 0 Å². The molecular formula is C26H23NO5. The highest BCUT2D eigenvalue weighted by Crippen LogP contribution is 2.32. The zero-order chi connectivity index (χ0) is 22.8. The largest absolute Gasteiger partial charge is 0.478 e. The van der Waals surface area contributed by atoms with Crippen molar-refractivity contribution in [3.05, 3.63) is 106 Å². The number of nitrogens with zero attached hydrogens (tertiary/aromatic N) is 1. The monoisotopic (exact) mass is 429 g/mol. The van der Waals surface area contributed by atoms with E-state index in [0.29, 0.717) is 6.61 Å². The number of aryl methyl sites for hydroxylation is 2. The molecule has 0 saturated carbocycles. The molecular weight excluding hydrogens is 406 g/mol. The number of carboxylic acid groups (broad SMARTS) is 1. The summed E-state index contributed by atoms with van der Waals surface area (Å²) in [7, 11) is 0. The lowest BCUT2D eigenvalue weighted by atomic mass is 10.1. The molecule has 0 spiro atoms. The van der Waals surface area contributed by atoms with E-state index in [1.807, 2.05) is 56.3 Å². The van der Waals surface area contributed by atoms with Gasteiger partial charge in [0.25, 0.3) is 11.8 Å². The Morgan fingerprint density at radius 1 is 0.906 bits per heavy atom. The molecule has 3 aromatic carbocycles. The van der Waals surface area contributed by atoms with Gasteiger partial charge in [-0.2, -0.15) is 0 Å². The molecule has 6 nitrogen and oxygen atoms in total. The third-order valence-corrected chi connectivity index (χ3v) is 5.49. The lowest BCUT2D eigenvalue weighted by Crippen LogP contribution is -2.36. The van der Waals surface area contributed by atoms with Gasteiger partial charge in [-0.25, -0.2) is 4.79 Å². The van der Waals surface area contributed by atoms with Crippen molar-refractivity contribution >= 4 is 17.8 Å². The third kappa shape index (κ3) is 4.18. The van der Waals surface area contributed by atoms with E-state index in [1.54, 1.807) is 0 Å². The number of hydrogen-bond donors (Lipinski definition) is 1. The molecule has 0 radical (unpaired) electrons. The fourth-order valence-corrected chi connectivity index (χ4v) is 4.11. The van der Waals surface area contributed by atoms with Crippen molar-refractivity contribution in [2.45, 2.75) is 26.5 Å². The number of fused-ring (bicyclic) bond motifs is 1. The summed E-state index contributed by atoms with van der Waals surface area (Å²) in [5, 5.41) is 9.25. The number of rotatable bonds is 7. The number of benzene rings is 3. The third-order valence-electron chi connectivity index (χ3n) is 5.49. The Bertz CT molecular complexity index is 1180. The fraction of sp³-hybridized carbons (Fsp3) is 0.192. The number of hydrogen-bond acceptors (Lipinski definition) is 4. The highest BCUT2D eigenvalue weighted by atomic mass is 16.5. The minimum atomic E-state index is -1.15. The van der Waals surface area contributed by atoms with Gasteiger partial charge in [0, 0.05) is 0 Å². The van der Waals surface area contributed by atoms with Crippen LogP contribution in [0.25, 0.3) is 0 Å². The Balaban J connectivity index is 1.61. The quantitative estimate of drug-likeness (QED) is 0.557. The minimum absolute atomic E-state index is 0.0333. The highest BCUT2D eigenvalue weighted by molar-refractivity contribution is 6.22. The van der Waals surface area contributed by atoms with Gasteiger partial charge >= 0.3 is 5.97 Å². The summed E-state index contributed by atoms with van der Waals surface area (Å²) in [6.45, 7) is 4.51. The average molecular weight is 429 g/mol. The maximum Gasteiger partial charge on any atom is 0.335 e. The fourth-order valence-electron chi connectivity index (χ4n) is 4.11. The first-order chi connectivity index (χ1) is 15.3. The summed E-state index contributed by atoms with van der Waals surface area (Å²) in [6.07, 6.45) is 0. The molecule has 3 aromatic rings. The molecule has 1 aliphatic rings. The molecule has 4 rings (SSSR count). The zero-order valence-electron chi connectivity index (χ0n) is 17.9. The van der Waals surface area contributed by atoms with Crippen LogP contribution in [0.2, 0.25) is 0 Å². The van der Waals surface area contributed by atoms with Crippen molar-refractivity contribution in [1.82, 2.24) is 4.90 Å². The predicted molar refractivity (Wildman–Crippen MR) is 119 cm³/mol. The summed E-state index contributed by atoms with van der Waals surface area (Å²) >= 11 is 0. The topological polar surface area (TPSA) is 83.9 Å². The van der Waals surface area contributed by atoms with Crippen LogP contribution >= 0.6 is 0 Å². The predicted octanol–water partition coefficient (Wildman–Crippen LogP) is 4.56. The SMILES string of the molecule is Cc1cc(C)cc(COC[C@H](c2ccccc2)N2C(=O)c3ccc(C(=O)O)cc3C2=O)c1. The van der Waals surface area contributed by atoms with Crippen LogP contribution in [0.15, 0.2) is 66.7 Å². The van der Waals surface area contributed by atoms with E-state index in [2.05, 4.69) is 6.07 Å². The summed E-state index contributed by atoms with van der Waals surface area (Å²) in [5.41, 5.74) is 4.33. The van der Waals surface area contributed by atoms with Crippen molar-refractivity contribution in [2.75, 3.05) is 6.61 Å². The molecule has 32 heavy (non-hydrogen) atoms. The summed E-state index contributed by atoms with van der Waals surface area (Å²) in [5.74, 6) is -2.12. The van der Waals surface area contributed by atoms with Crippen molar-refractivity contribution in [2.24, 2.45) is 0 Å². The van der Waals surface area contributed by atoms with Gasteiger partial charge in [-0.05, 0) is 43.2 Å². The second kappa shape index (κ2) is 8.77. The van der Waals surface area contributed by atoms with E-state index in [-0.39, 0.29) is 23.3 Å². The molecule has 1 heterocycles. The Morgan fingerprint density at radius 2 is 1.56 bits per heavy atom. The molecule has 0 unspecified atom stereocenters. The van der Waals surface area contributed by atoms with Gasteiger partial charge in [-0.1, -0.05) is 59.7 Å². The Hall–Kier alpha value is -3.77. The first kappa shape index (κ1) is 21.5. The maximum atomic E-state index is 13.2. The van der Waals surface area contributed by atoms with Crippen molar-refractivity contribution in [3.8, 4) is 0 Å². The number of carbonyl (C=O) groups is 3. The molecule has 2 amide bonds. The van der Waals surface area contributed by atoms with Gasteiger partial charge in [0.05, 0.1) is 35.9 Å². The molecule has 6 heteroatoms. The second-order valence-electron chi connectivity index (χ2n) is 7.98. The number of ether oxygens (including phenoxy) is 1. The molecule has 0 bridgehead atoms. The maximum absolute atomic E-state index is 13.2.